The summed E-state index contributed by atoms with van der Waals surface area (Å²) in [6, 6.07) is 1.79. The molecule has 0 saturated heterocycles. The van der Waals surface area contributed by atoms with Gasteiger partial charge in [-0.05, 0) is 12.1 Å². The van der Waals surface area contributed by atoms with Crippen molar-refractivity contribution in [1.29, 1.82) is 0 Å². The van der Waals surface area contributed by atoms with Crippen molar-refractivity contribution in [3.05, 3.63) is 29.6 Å². The first-order chi connectivity index (χ1) is 9.66. The molecule has 1 atom stereocenters. The predicted octanol–water partition coefficient (Wildman–Crippen LogP) is 1.98. The average Bonchev–Trinajstić information content (AvgIpc) is 2.44. The van der Waals surface area contributed by atoms with Crippen LogP contribution in [0.4, 0.5) is 13.2 Å². The molecule has 0 fully saturated rings. The number of amides is 1. The molecule has 0 radical (unpaired) electrons. The molecule has 5 nitrogen and oxygen atoms in total. The first kappa shape index (κ1) is 16.9. The summed E-state index contributed by atoms with van der Waals surface area (Å²) < 4.78 is 41.7. The summed E-state index contributed by atoms with van der Waals surface area (Å²) in [5.41, 5.74) is -1.05. The second-order valence-corrected chi connectivity index (χ2v) is 4.54. The number of aromatic nitrogens is 1. The molecule has 116 valence electrons. The molecular weight excluding hydrogens is 289 g/mol. The van der Waals surface area contributed by atoms with Crippen LogP contribution in [0.3, 0.4) is 0 Å². The second kappa shape index (κ2) is 6.55. The highest BCUT2D eigenvalue weighted by molar-refractivity contribution is 5.92. The quantitative estimate of drug-likeness (QED) is 0.798. The predicted molar refractivity (Wildman–Crippen MR) is 67.4 cm³/mol. The van der Waals surface area contributed by atoms with Crippen LogP contribution in [0.1, 0.15) is 23.0 Å². The zero-order chi connectivity index (χ0) is 16.2. The van der Waals surface area contributed by atoms with Gasteiger partial charge in [0, 0.05) is 19.8 Å². The van der Waals surface area contributed by atoms with Gasteiger partial charge in [-0.1, -0.05) is 6.92 Å². The second-order valence-electron chi connectivity index (χ2n) is 4.54. The van der Waals surface area contributed by atoms with Gasteiger partial charge < -0.3 is 9.64 Å². The van der Waals surface area contributed by atoms with Crippen molar-refractivity contribution in [2.45, 2.75) is 13.1 Å². The van der Waals surface area contributed by atoms with Gasteiger partial charge in [-0.3, -0.25) is 14.6 Å². The first-order valence-electron chi connectivity index (χ1n) is 6.03. The summed E-state index contributed by atoms with van der Waals surface area (Å²) in [5.74, 6) is -1.59. The smallest absolute Gasteiger partial charge is 0.417 e. The van der Waals surface area contributed by atoms with Crippen molar-refractivity contribution in [1.82, 2.24) is 9.88 Å². The van der Waals surface area contributed by atoms with Gasteiger partial charge in [0.15, 0.2) is 0 Å². The van der Waals surface area contributed by atoms with E-state index in [2.05, 4.69) is 9.72 Å². The molecule has 1 rings (SSSR count). The van der Waals surface area contributed by atoms with E-state index in [1.807, 2.05) is 0 Å². The molecule has 21 heavy (non-hydrogen) atoms. The number of pyridine rings is 1. The lowest BCUT2D eigenvalue weighted by molar-refractivity contribution is -0.145. The van der Waals surface area contributed by atoms with E-state index in [1.54, 1.807) is 6.92 Å². The maximum atomic E-state index is 12.4. The number of halogens is 3. The fourth-order valence-corrected chi connectivity index (χ4v) is 1.65. The van der Waals surface area contributed by atoms with Crippen LogP contribution in [0.2, 0.25) is 0 Å². The Labute approximate surface area is 119 Å². The van der Waals surface area contributed by atoms with Crippen LogP contribution in [0.15, 0.2) is 18.3 Å². The number of hydrogen-bond donors (Lipinski definition) is 0. The van der Waals surface area contributed by atoms with Gasteiger partial charge >= 0.3 is 12.1 Å². The molecule has 1 unspecified atom stereocenters. The van der Waals surface area contributed by atoms with E-state index < -0.39 is 29.5 Å². The Morgan fingerprint density at radius 3 is 2.43 bits per heavy atom. The van der Waals surface area contributed by atoms with Crippen molar-refractivity contribution in [3.8, 4) is 0 Å². The Kier molecular flexibility index (Phi) is 5.28. The average molecular weight is 304 g/mol. The number of alkyl halides is 3. The molecule has 1 aromatic heterocycles. The van der Waals surface area contributed by atoms with E-state index in [-0.39, 0.29) is 12.2 Å². The Bertz CT molecular complexity index is 514. The number of nitrogens with zero attached hydrogens (tertiary/aromatic N) is 2. The highest BCUT2D eigenvalue weighted by Gasteiger charge is 2.31. The fourth-order valence-electron chi connectivity index (χ4n) is 1.65. The van der Waals surface area contributed by atoms with Crippen molar-refractivity contribution in [3.63, 3.8) is 0 Å². The summed E-state index contributed by atoms with van der Waals surface area (Å²) in [6.45, 7) is 1.66. The van der Waals surface area contributed by atoms with Crippen LogP contribution >= 0.6 is 0 Å². The van der Waals surface area contributed by atoms with Crippen LogP contribution < -0.4 is 0 Å². The largest absolute Gasteiger partial charge is 0.469 e. The third-order valence-electron chi connectivity index (χ3n) is 2.81. The lowest BCUT2D eigenvalue weighted by Crippen LogP contribution is -2.34. The zero-order valence-electron chi connectivity index (χ0n) is 11.8. The molecule has 0 aromatic carbocycles. The standard InChI is InChI=1S/C13H15F3N2O3/c1-8(12(20)21-3)7-18(2)11(19)10-5-4-9(6-17-10)13(14,15)16/h4-6,8H,7H2,1-3H3. The molecule has 0 spiro atoms. The molecule has 0 bridgehead atoms. The van der Waals surface area contributed by atoms with E-state index in [1.165, 1.54) is 19.1 Å². The minimum absolute atomic E-state index is 0.0776. The maximum Gasteiger partial charge on any atom is 0.417 e. The van der Waals surface area contributed by atoms with E-state index >= 15 is 0 Å². The number of hydrogen-bond acceptors (Lipinski definition) is 4. The minimum Gasteiger partial charge on any atom is -0.469 e. The van der Waals surface area contributed by atoms with Gasteiger partial charge in [0.2, 0.25) is 0 Å². The minimum atomic E-state index is -4.50. The molecule has 1 amide bonds. The molecule has 0 N–H and O–H groups in total. The summed E-state index contributed by atoms with van der Waals surface area (Å²) >= 11 is 0. The summed E-state index contributed by atoms with van der Waals surface area (Å²) in [7, 11) is 2.67. The third kappa shape index (κ3) is 4.44. The first-order valence-corrected chi connectivity index (χ1v) is 6.03. The molecule has 1 heterocycles. The Morgan fingerprint density at radius 2 is 2.00 bits per heavy atom. The monoisotopic (exact) mass is 304 g/mol. The molecule has 8 heteroatoms. The van der Waals surface area contributed by atoms with Gasteiger partial charge in [-0.25, -0.2) is 0 Å². The molecule has 0 saturated carbocycles. The van der Waals surface area contributed by atoms with Gasteiger partial charge in [0.1, 0.15) is 5.69 Å². The van der Waals surface area contributed by atoms with Crippen LogP contribution in [0.25, 0.3) is 0 Å². The van der Waals surface area contributed by atoms with E-state index in [9.17, 15) is 22.8 Å². The Hall–Kier alpha value is -2.12. The lowest BCUT2D eigenvalue weighted by atomic mass is 10.1. The van der Waals surface area contributed by atoms with Gasteiger partial charge in [-0.15, -0.1) is 0 Å². The maximum absolute atomic E-state index is 12.4. The molecular formula is C13H15F3N2O3. The fraction of sp³-hybridized carbons (Fsp3) is 0.462. The van der Waals surface area contributed by atoms with Crippen molar-refractivity contribution < 1.29 is 27.5 Å². The highest BCUT2D eigenvalue weighted by atomic mass is 19.4. The normalized spacial score (nSPS) is 12.7. The summed E-state index contributed by atoms with van der Waals surface area (Å²) in [6.07, 6.45) is -3.90. The molecule has 1 aromatic rings. The van der Waals surface area contributed by atoms with Crippen LogP contribution in [0, 0.1) is 5.92 Å². The van der Waals surface area contributed by atoms with Crippen LogP contribution in [-0.4, -0.2) is 42.5 Å². The Balaban J connectivity index is 2.77. The number of esters is 1. The number of ether oxygens (including phenoxy) is 1. The summed E-state index contributed by atoms with van der Waals surface area (Å²) in [5, 5.41) is 0. The summed E-state index contributed by atoms with van der Waals surface area (Å²) in [4.78, 5) is 28.0. The van der Waals surface area contributed by atoms with Crippen molar-refractivity contribution >= 4 is 11.9 Å². The van der Waals surface area contributed by atoms with Gasteiger partial charge in [-0.2, -0.15) is 13.2 Å². The molecule has 0 aliphatic rings. The van der Waals surface area contributed by atoms with Crippen LogP contribution in [-0.2, 0) is 15.7 Å². The topological polar surface area (TPSA) is 59.5 Å². The zero-order valence-corrected chi connectivity index (χ0v) is 11.8. The molecule has 0 aliphatic carbocycles. The number of rotatable bonds is 4. The van der Waals surface area contributed by atoms with Crippen molar-refractivity contribution in [2.75, 3.05) is 20.7 Å². The number of methoxy groups -OCH3 is 1. The molecule has 0 aliphatic heterocycles. The van der Waals surface area contributed by atoms with E-state index in [4.69, 9.17) is 0 Å². The number of carbonyl (C=O) groups excluding carboxylic acids is 2. The lowest BCUT2D eigenvalue weighted by Gasteiger charge is -2.20. The SMILES string of the molecule is COC(=O)C(C)CN(C)C(=O)c1ccc(C(F)(F)F)cn1. The van der Waals surface area contributed by atoms with Crippen molar-refractivity contribution in [2.24, 2.45) is 5.92 Å². The van der Waals surface area contributed by atoms with E-state index in [0.717, 1.165) is 12.1 Å². The van der Waals surface area contributed by atoms with E-state index in [0.29, 0.717) is 6.20 Å². The van der Waals surface area contributed by atoms with Crippen LogP contribution in [0.5, 0.6) is 0 Å². The number of carbonyl (C=O) groups is 2. The van der Waals surface area contributed by atoms with Gasteiger partial charge in [0.05, 0.1) is 18.6 Å². The Morgan fingerprint density at radius 1 is 1.38 bits per heavy atom. The van der Waals surface area contributed by atoms with Gasteiger partial charge in [0.25, 0.3) is 5.91 Å². The highest BCUT2D eigenvalue weighted by Crippen LogP contribution is 2.28. The third-order valence-corrected chi connectivity index (χ3v) is 2.81.